The molecule has 0 spiro atoms. The fourth-order valence-electron chi connectivity index (χ4n) is 1.93. The fraction of sp³-hybridized carbons (Fsp3) is 0.222. The van der Waals surface area contributed by atoms with E-state index in [1.54, 1.807) is 38.1 Å². The molecule has 0 aromatic heterocycles. The molecule has 0 unspecified atom stereocenters. The third-order valence-electron chi connectivity index (χ3n) is 3.30. The van der Waals surface area contributed by atoms with Crippen molar-refractivity contribution in [3.05, 3.63) is 59.9 Å². The molecule has 2 aromatic rings. The van der Waals surface area contributed by atoms with Crippen LogP contribution < -0.4 is 10.1 Å². The van der Waals surface area contributed by atoms with Gasteiger partial charge in [0.15, 0.2) is 5.60 Å². The van der Waals surface area contributed by atoms with Crippen molar-refractivity contribution in [1.82, 2.24) is 0 Å². The summed E-state index contributed by atoms with van der Waals surface area (Å²) in [6.45, 7) is 3.21. The van der Waals surface area contributed by atoms with Gasteiger partial charge in [0, 0.05) is 5.69 Å². The second-order valence-electron chi connectivity index (χ2n) is 5.59. The predicted octanol–water partition coefficient (Wildman–Crippen LogP) is 3.41. The number of halogens is 1. The maximum absolute atomic E-state index is 12.9. The summed E-state index contributed by atoms with van der Waals surface area (Å²) in [5, 5.41) is 2.71. The highest BCUT2D eigenvalue weighted by Gasteiger charge is 2.30. The first kappa shape index (κ1) is 17.5. The molecule has 0 saturated carbocycles. The van der Waals surface area contributed by atoms with Gasteiger partial charge < -0.3 is 14.8 Å². The summed E-state index contributed by atoms with van der Waals surface area (Å²) in [5.74, 6) is -0.821. The molecular weight excluding hydrogens is 313 g/mol. The maximum atomic E-state index is 12.9. The highest BCUT2D eigenvalue weighted by Crippen LogP contribution is 2.21. The van der Waals surface area contributed by atoms with Crippen LogP contribution in [0.2, 0.25) is 0 Å². The van der Waals surface area contributed by atoms with Crippen LogP contribution in [0, 0.1) is 5.82 Å². The molecule has 0 aliphatic rings. The van der Waals surface area contributed by atoms with E-state index in [0.717, 1.165) is 0 Å². The van der Waals surface area contributed by atoms with Gasteiger partial charge in [-0.2, -0.15) is 0 Å². The molecular formula is C18H18FNO4. The summed E-state index contributed by atoms with van der Waals surface area (Å²) < 4.78 is 23.1. The quantitative estimate of drug-likeness (QED) is 0.853. The Balaban J connectivity index is 2.04. The van der Waals surface area contributed by atoms with Crippen molar-refractivity contribution in [2.75, 3.05) is 12.4 Å². The van der Waals surface area contributed by atoms with E-state index < -0.39 is 11.6 Å². The van der Waals surface area contributed by atoms with E-state index in [9.17, 15) is 14.0 Å². The SMILES string of the molecule is COC(=O)c1ccc(NC(=O)C(C)(C)Oc2ccc(F)cc2)cc1. The van der Waals surface area contributed by atoms with E-state index in [4.69, 9.17) is 4.74 Å². The molecule has 1 amide bonds. The molecule has 6 heteroatoms. The first-order chi connectivity index (χ1) is 11.3. The molecule has 0 aliphatic heterocycles. The second kappa shape index (κ2) is 7.12. The molecule has 2 rings (SSSR count). The fourth-order valence-corrected chi connectivity index (χ4v) is 1.93. The average Bonchev–Trinajstić information content (AvgIpc) is 2.56. The summed E-state index contributed by atoms with van der Waals surface area (Å²) >= 11 is 0. The molecule has 0 fully saturated rings. The lowest BCUT2D eigenvalue weighted by molar-refractivity contribution is -0.128. The number of methoxy groups -OCH3 is 1. The summed E-state index contributed by atoms with van der Waals surface area (Å²) in [6.07, 6.45) is 0. The van der Waals surface area contributed by atoms with Gasteiger partial charge in [0.2, 0.25) is 0 Å². The number of hydrogen-bond acceptors (Lipinski definition) is 4. The van der Waals surface area contributed by atoms with Gasteiger partial charge in [0.05, 0.1) is 12.7 Å². The number of carbonyl (C=O) groups is 2. The van der Waals surface area contributed by atoms with Crippen molar-refractivity contribution in [3.63, 3.8) is 0 Å². The van der Waals surface area contributed by atoms with Crippen molar-refractivity contribution >= 4 is 17.6 Å². The van der Waals surface area contributed by atoms with Gasteiger partial charge >= 0.3 is 5.97 Å². The Bertz CT molecular complexity index is 724. The standard InChI is InChI=1S/C18H18FNO4/c1-18(2,24-15-10-6-13(19)7-11-15)17(22)20-14-8-4-12(5-9-14)16(21)23-3/h4-11H,1-3H3,(H,20,22). The molecule has 126 valence electrons. The number of esters is 1. The molecule has 0 radical (unpaired) electrons. The number of anilines is 1. The summed E-state index contributed by atoms with van der Waals surface area (Å²) in [7, 11) is 1.30. The highest BCUT2D eigenvalue weighted by atomic mass is 19.1. The predicted molar refractivity (Wildman–Crippen MR) is 87.5 cm³/mol. The second-order valence-corrected chi connectivity index (χ2v) is 5.59. The highest BCUT2D eigenvalue weighted by molar-refractivity contribution is 5.97. The van der Waals surface area contributed by atoms with Crippen LogP contribution in [0.1, 0.15) is 24.2 Å². The van der Waals surface area contributed by atoms with Gasteiger partial charge in [-0.1, -0.05) is 0 Å². The van der Waals surface area contributed by atoms with Crippen LogP contribution in [0.3, 0.4) is 0 Å². The summed E-state index contributed by atoms with van der Waals surface area (Å²) in [6, 6.07) is 11.7. The van der Waals surface area contributed by atoms with Crippen LogP contribution in [-0.2, 0) is 9.53 Å². The first-order valence-corrected chi connectivity index (χ1v) is 7.26. The van der Waals surface area contributed by atoms with E-state index in [2.05, 4.69) is 10.1 Å². The Morgan fingerprint density at radius 3 is 2.12 bits per heavy atom. The molecule has 24 heavy (non-hydrogen) atoms. The number of nitrogens with one attached hydrogen (secondary N) is 1. The van der Waals surface area contributed by atoms with E-state index in [-0.39, 0.29) is 11.7 Å². The van der Waals surface area contributed by atoms with Gasteiger partial charge in [-0.3, -0.25) is 4.79 Å². The summed E-state index contributed by atoms with van der Waals surface area (Å²) in [5.41, 5.74) is -0.264. The molecule has 1 N–H and O–H groups in total. The zero-order valence-corrected chi connectivity index (χ0v) is 13.6. The van der Waals surface area contributed by atoms with Gasteiger partial charge in [0.25, 0.3) is 5.91 Å². The molecule has 0 atom stereocenters. The van der Waals surface area contributed by atoms with Crippen LogP contribution in [0.15, 0.2) is 48.5 Å². The van der Waals surface area contributed by atoms with Crippen molar-refractivity contribution in [1.29, 1.82) is 0 Å². The molecule has 0 aliphatic carbocycles. The lowest BCUT2D eigenvalue weighted by Crippen LogP contribution is -2.42. The molecule has 0 saturated heterocycles. The smallest absolute Gasteiger partial charge is 0.337 e. The third kappa shape index (κ3) is 4.32. The van der Waals surface area contributed by atoms with Crippen LogP contribution in [-0.4, -0.2) is 24.6 Å². The van der Waals surface area contributed by atoms with Gasteiger partial charge in [-0.05, 0) is 62.4 Å². The van der Waals surface area contributed by atoms with Crippen molar-refractivity contribution in [2.45, 2.75) is 19.4 Å². The third-order valence-corrected chi connectivity index (χ3v) is 3.30. The minimum atomic E-state index is -1.17. The van der Waals surface area contributed by atoms with E-state index in [1.165, 1.54) is 31.4 Å². The Morgan fingerprint density at radius 1 is 1.00 bits per heavy atom. The van der Waals surface area contributed by atoms with Gasteiger partial charge in [-0.15, -0.1) is 0 Å². The Kier molecular flexibility index (Phi) is 5.18. The molecule has 5 nitrogen and oxygen atoms in total. The minimum Gasteiger partial charge on any atom is -0.478 e. The Hall–Kier alpha value is -2.89. The van der Waals surface area contributed by atoms with Crippen LogP contribution in [0.4, 0.5) is 10.1 Å². The van der Waals surface area contributed by atoms with Crippen LogP contribution >= 0.6 is 0 Å². The van der Waals surface area contributed by atoms with Crippen molar-refractivity contribution < 1.29 is 23.5 Å². The van der Waals surface area contributed by atoms with Gasteiger partial charge in [0.1, 0.15) is 11.6 Å². The number of carbonyl (C=O) groups excluding carboxylic acids is 2. The van der Waals surface area contributed by atoms with Crippen LogP contribution in [0.5, 0.6) is 5.75 Å². The van der Waals surface area contributed by atoms with Crippen LogP contribution in [0.25, 0.3) is 0 Å². The number of benzene rings is 2. The van der Waals surface area contributed by atoms with E-state index in [1.807, 2.05) is 0 Å². The van der Waals surface area contributed by atoms with Crippen molar-refractivity contribution in [2.24, 2.45) is 0 Å². The Labute approximate surface area is 139 Å². The zero-order chi connectivity index (χ0) is 17.7. The van der Waals surface area contributed by atoms with E-state index in [0.29, 0.717) is 17.0 Å². The normalized spacial score (nSPS) is 10.8. The Morgan fingerprint density at radius 2 is 1.58 bits per heavy atom. The topological polar surface area (TPSA) is 64.6 Å². The molecule has 0 heterocycles. The zero-order valence-electron chi connectivity index (χ0n) is 13.6. The molecule has 2 aromatic carbocycles. The number of amides is 1. The number of hydrogen-bond donors (Lipinski definition) is 1. The maximum Gasteiger partial charge on any atom is 0.337 e. The first-order valence-electron chi connectivity index (χ1n) is 7.26. The lowest BCUT2D eigenvalue weighted by atomic mass is 10.1. The minimum absolute atomic E-state index is 0.377. The monoisotopic (exact) mass is 331 g/mol. The molecule has 0 bridgehead atoms. The van der Waals surface area contributed by atoms with Crippen molar-refractivity contribution in [3.8, 4) is 5.75 Å². The largest absolute Gasteiger partial charge is 0.478 e. The average molecular weight is 331 g/mol. The number of ether oxygens (including phenoxy) is 2. The lowest BCUT2D eigenvalue weighted by Gasteiger charge is -2.25. The van der Waals surface area contributed by atoms with E-state index >= 15 is 0 Å². The van der Waals surface area contributed by atoms with Gasteiger partial charge in [-0.25, -0.2) is 9.18 Å². The summed E-state index contributed by atoms with van der Waals surface area (Å²) in [4.78, 5) is 23.8. The number of rotatable bonds is 5.